The van der Waals surface area contributed by atoms with E-state index >= 15 is 0 Å². The number of carbonyl (C=O) groups is 1. The highest BCUT2D eigenvalue weighted by molar-refractivity contribution is 7.99. The van der Waals surface area contributed by atoms with Crippen LogP contribution in [0, 0.1) is 0 Å². The normalized spacial score (nSPS) is 14.3. The fraction of sp³-hybridized carbons (Fsp3) is 0.350. The monoisotopic (exact) mass is 397 g/mol. The van der Waals surface area contributed by atoms with E-state index in [9.17, 15) is 4.79 Å². The fourth-order valence-corrected chi connectivity index (χ4v) is 4.18. The second-order valence-electron chi connectivity index (χ2n) is 6.75. The maximum absolute atomic E-state index is 12.3. The van der Waals surface area contributed by atoms with Gasteiger partial charge in [-0.1, -0.05) is 36.7 Å². The zero-order valence-electron chi connectivity index (χ0n) is 15.7. The summed E-state index contributed by atoms with van der Waals surface area (Å²) in [6, 6.07) is 11.9. The number of rotatable bonds is 7. The Morgan fingerprint density at radius 2 is 2.00 bits per heavy atom. The fourth-order valence-electron chi connectivity index (χ4n) is 3.43. The molecule has 3 aromatic rings. The first-order valence-corrected chi connectivity index (χ1v) is 10.4. The van der Waals surface area contributed by atoms with Crippen molar-refractivity contribution >= 4 is 17.7 Å². The van der Waals surface area contributed by atoms with Gasteiger partial charge in [-0.05, 0) is 37.1 Å². The van der Waals surface area contributed by atoms with Crippen LogP contribution in [0.25, 0.3) is 11.4 Å². The van der Waals surface area contributed by atoms with Gasteiger partial charge >= 0.3 is 0 Å². The van der Waals surface area contributed by atoms with Crippen molar-refractivity contribution in [2.75, 3.05) is 12.9 Å². The number of aromatic nitrogens is 4. The van der Waals surface area contributed by atoms with Crippen LogP contribution >= 0.6 is 11.8 Å². The van der Waals surface area contributed by atoms with Crippen molar-refractivity contribution in [3.63, 3.8) is 0 Å². The van der Waals surface area contributed by atoms with Crippen LogP contribution in [0.3, 0.4) is 0 Å². The highest BCUT2D eigenvalue weighted by Crippen LogP contribution is 2.27. The van der Waals surface area contributed by atoms with E-state index in [2.05, 4.69) is 15.5 Å². The van der Waals surface area contributed by atoms with Crippen molar-refractivity contribution < 1.29 is 9.53 Å². The molecule has 28 heavy (non-hydrogen) atoms. The first-order chi connectivity index (χ1) is 13.7. The third kappa shape index (κ3) is 4.06. The Morgan fingerprint density at radius 3 is 2.75 bits per heavy atom. The van der Waals surface area contributed by atoms with Gasteiger partial charge in [0.15, 0.2) is 5.82 Å². The molecule has 0 spiro atoms. The molecule has 0 bridgehead atoms. The van der Waals surface area contributed by atoms with Gasteiger partial charge in [-0.3, -0.25) is 9.47 Å². The Labute approximate surface area is 168 Å². The number of amides is 1. The lowest BCUT2D eigenvalue weighted by Crippen LogP contribution is -2.33. The van der Waals surface area contributed by atoms with E-state index in [1.807, 2.05) is 58.1 Å². The molecule has 0 atom stereocenters. The van der Waals surface area contributed by atoms with E-state index in [1.54, 1.807) is 7.11 Å². The first-order valence-electron chi connectivity index (χ1n) is 9.40. The molecule has 1 N–H and O–H groups in total. The van der Waals surface area contributed by atoms with Crippen molar-refractivity contribution in [3.8, 4) is 17.1 Å². The molecular formula is C20H23N5O2S. The van der Waals surface area contributed by atoms with E-state index < -0.39 is 0 Å². The Balaban J connectivity index is 1.57. The second kappa shape index (κ2) is 8.52. The molecule has 0 saturated heterocycles. The molecule has 7 nitrogen and oxygen atoms in total. The molecule has 1 amide bonds. The topological polar surface area (TPSA) is 74.0 Å². The van der Waals surface area contributed by atoms with Crippen LogP contribution in [0.5, 0.6) is 5.75 Å². The highest BCUT2D eigenvalue weighted by atomic mass is 32.2. The number of hydrogen-bond donors (Lipinski definition) is 1. The van der Waals surface area contributed by atoms with Gasteiger partial charge in [-0.25, -0.2) is 4.68 Å². The van der Waals surface area contributed by atoms with Gasteiger partial charge in [-0.15, -0.1) is 10.2 Å². The summed E-state index contributed by atoms with van der Waals surface area (Å²) in [6.45, 7) is 0. The van der Waals surface area contributed by atoms with Crippen molar-refractivity contribution in [2.45, 2.75) is 36.9 Å². The number of nitrogens with one attached hydrogen (secondary N) is 1. The van der Waals surface area contributed by atoms with Crippen LogP contribution in [-0.2, 0) is 4.79 Å². The lowest BCUT2D eigenvalue weighted by molar-refractivity contribution is -0.119. The number of benzene rings is 1. The Morgan fingerprint density at radius 1 is 1.21 bits per heavy atom. The lowest BCUT2D eigenvalue weighted by Gasteiger charge is -2.13. The van der Waals surface area contributed by atoms with Crippen LogP contribution in [0.4, 0.5) is 0 Å². The van der Waals surface area contributed by atoms with Crippen molar-refractivity contribution in [2.24, 2.45) is 0 Å². The standard InChI is InChI=1S/C20H23N5O2S/c1-27-17-10-6-7-15(13-17)19-22-23-20(25(19)24-11-4-5-12-24)28-14-18(26)21-16-8-2-3-9-16/h4-7,10-13,16H,2-3,8-9,14H2,1H3,(H,21,26). The van der Waals surface area contributed by atoms with Crippen LogP contribution in [0.15, 0.2) is 53.9 Å². The van der Waals surface area contributed by atoms with Crippen molar-refractivity contribution in [3.05, 3.63) is 48.8 Å². The van der Waals surface area contributed by atoms with Gasteiger partial charge in [-0.2, -0.15) is 0 Å². The summed E-state index contributed by atoms with van der Waals surface area (Å²) in [7, 11) is 1.64. The summed E-state index contributed by atoms with van der Waals surface area (Å²) in [5, 5.41) is 12.5. The molecule has 0 unspecified atom stereocenters. The maximum Gasteiger partial charge on any atom is 0.230 e. The van der Waals surface area contributed by atoms with Crippen LogP contribution in [0.1, 0.15) is 25.7 Å². The number of carbonyl (C=O) groups excluding carboxylic acids is 1. The van der Waals surface area contributed by atoms with E-state index in [-0.39, 0.29) is 5.91 Å². The average Bonchev–Trinajstić information content (AvgIpc) is 3.47. The molecule has 146 valence electrons. The third-order valence-electron chi connectivity index (χ3n) is 4.81. The summed E-state index contributed by atoms with van der Waals surface area (Å²) < 4.78 is 9.15. The summed E-state index contributed by atoms with van der Waals surface area (Å²) in [5.41, 5.74) is 0.891. The van der Waals surface area contributed by atoms with Crippen molar-refractivity contribution in [1.29, 1.82) is 0 Å². The minimum atomic E-state index is 0.0434. The summed E-state index contributed by atoms with van der Waals surface area (Å²) >= 11 is 1.39. The Bertz CT molecular complexity index is 932. The Hall–Kier alpha value is -2.74. The van der Waals surface area contributed by atoms with Gasteiger partial charge in [0.2, 0.25) is 11.1 Å². The summed E-state index contributed by atoms with van der Waals surface area (Å²) in [6.07, 6.45) is 8.41. The number of hydrogen-bond acceptors (Lipinski definition) is 5. The van der Waals surface area contributed by atoms with Gasteiger partial charge in [0.05, 0.1) is 12.9 Å². The quantitative estimate of drug-likeness (QED) is 0.620. The third-order valence-corrected chi connectivity index (χ3v) is 5.73. The van der Waals surface area contributed by atoms with Crippen LogP contribution < -0.4 is 10.1 Å². The maximum atomic E-state index is 12.3. The molecular weight excluding hydrogens is 374 g/mol. The van der Waals surface area contributed by atoms with Gasteiger partial charge < -0.3 is 10.1 Å². The van der Waals surface area contributed by atoms with Gasteiger partial charge in [0.25, 0.3) is 0 Å². The van der Waals surface area contributed by atoms with E-state index in [1.165, 1.54) is 24.6 Å². The molecule has 1 aliphatic carbocycles. The number of nitrogens with zero attached hydrogens (tertiary/aromatic N) is 4. The smallest absolute Gasteiger partial charge is 0.230 e. The van der Waals surface area contributed by atoms with E-state index in [4.69, 9.17) is 4.74 Å². The Kier molecular flexibility index (Phi) is 5.66. The molecule has 1 aromatic carbocycles. The average molecular weight is 398 g/mol. The first kappa shape index (κ1) is 18.6. The minimum absolute atomic E-state index is 0.0434. The number of methoxy groups -OCH3 is 1. The predicted octanol–water partition coefficient (Wildman–Crippen LogP) is 3.22. The van der Waals surface area contributed by atoms with Crippen LogP contribution in [-0.4, -0.2) is 44.4 Å². The van der Waals surface area contributed by atoms with Gasteiger partial charge in [0, 0.05) is 24.0 Å². The lowest BCUT2D eigenvalue weighted by atomic mass is 10.2. The molecule has 4 rings (SSSR count). The largest absolute Gasteiger partial charge is 0.497 e. The molecule has 1 fully saturated rings. The summed E-state index contributed by atoms with van der Waals surface area (Å²) in [5.74, 6) is 1.80. The molecule has 0 radical (unpaired) electrons. The molecule has 2 heterocycles. The van der Waals surface area contributed by atoms with Gasteiger partial charge in [0.1, 0.15) is 5.75 Å². The minimum Gasteiger partial charge on any atom is -0.497 e. The second-order valence-corrected chi connectivity index (χ2v) is 7.69. The van der Waals surface area contributed by atoms with E-state index in [0.717, 1.165) is 24.2 Å². The molecule has 1 saturated carbocycles. The molecule has 2 aromatic heterocycles. The van der Waals surface area contributed by atoms with Crippen molar-refractivity contribution in [1.82, 2.24) is 24.9 Å². The summed E-state index contributed by atoms with van der Waals surface area (Å²) in [4.78, 5) is 12.3. The molecule has 0 aliphatic heterocycles. The SMILES string of the molecule is COc1cccc(-c2nnc(SCC(=O)NC3CCCC3)n2-n2cccc2)c1. The zero-order valence-corrected chi connectivity index (χ0v) is 16.6. The zero-order chi connectivity index (χ0) is 19.3. The number of ether oxygens (including phenoxy) is 1. The predicted molar refractivity (Wildman–Crippen MR) is 108 cm³/mol. The molecule has 8 heteroatoms. The van der Waals surface area contributed by atoms with E-state index in [0.29, 0.717) is 22.8 Å². The molecule has 1 aliphatic rings. The highest BCUT2D eigenvalue weighted by Gasteiger charge is 2.20. The van der Waals surface area contributed by atoms with Crippen LogP contribution in [0.2, 0.25) is 0 Å². The number of thioether (sulfide) groups is 1.